The van der Waals surface area contributed by atoms with Gasteiger partial charge in [-0.25, -0.2) is 9.59 Å². The van der Waals surface area contributed by atoms with E-state index >= 15 is 0 Å². The molecule has 0 fully saturated rings. The summed E-state index contributed by atoms with van der Waals surface area (Å²) in [6.07, 6.45) is 0.384. The van der Waals surface area contributed by atoms with Gasteiger partial charge in [-0.05, 0) is 23.8 Å². The van der Waals surface area contributed by atoms with E-state index in [1.54, 1.807) is 18.2 Å². The maximum Gasteiger partial charge on any atom is 0.337 e. The first-order valence-electron chi connectivity index (χ1n) is 4.82. The van der Waals surface area contributed by atoms with Crippen LogP contribution in [0.15, 0.2) is 18.2 Å². The van der Waals surface area contributed by atoms with Crippen LogP contribution in [-0.2, 0) is 16.0 Å². The average Bonchev–Trinajstić information content (AvgIpc) is 2.70. The molecular weight excluding hydrogens is 210 g/mol. The fraction of sp³-hybridized carbons (Fsp3) is 0.273. The van der Waals surface area contributed by atoms with E-state index in [1.807, 2.05) is 0 Å². The molecule has 0 amide bonds. The lowest BCUT2D eigenvalue weighted by molar-refractivity contribution is -0.137. The first-order chi connectivity index (χ1) is 7.61. The summed E-state index contributed by atoms with van der Waals surface area (Å²) in [4.78, 5) is 22.1. The lowest BCUT2D eigenvalue weighted by Gasteiger charge is -2.03. The monoisotopic (exact) mass is 221 g/mol. The van der Waals surface area contributed by atoms with Gasteiger partial charge in [0.2, 0.25) is 0 Å². The Bertz CT molecular complexity index is 455. The molecular formula is C11H11NO4. The summed E-state index contributed by atoms with van der Waals surface area (Å²) in [6, 6.07) is 4.37. The number of esters is 1. The highest BCUT2D eigenvalue weighted by Crippen LogP contribution is 2.27. The van der Waals surface area contributed by atoms with Crippen molar-refractivity contribution < 1.29 is 19.4 Å². The molecule has 2 N–H and O–H groups in total. The van der Waals surface area contributed by atoms with Crippen LogP contribution in [-0.4, -0.2) is 30.2 Å². The number of carboxylic acid groups (broad SMARTS) is 1. The molecule has 0 saturated carbocycles. The molecule has 1 aromatic rings. The summed E-state index contributed by atoms with van der Waals surface area (Å²) >= 11 is 0. The van der Waals surface area contributed by atoms with E-state index in [0.717, 1.165) is 11.3 Å². The van der Waals surface area contributed by atoms with E-state index in [-0.39, 0.29) is 0 Å². The fourth-order valence-electron chi connectivity index (χ4n) is 1.76. The van der Waals surface area contributed by atoms with Crippen LogP contribution in [0.5, 0.6) is 0 Å². The van der Waals surface area contributed by atoms with Crippen molar-refractivity contribution in [1.29, 1.82) is 0 Å². The van der Waals surface area contributed by atoms with Gasteiger partial charge in [-0.2, -0.15) is 0 Å². The molecule has 1 atom stereocenters. The Morgan fingerprint density at radius 1 is 1.50 bits per heavy atom. The van der Waals surface area contributed by atoms with Crippen LogP contribution in [0.1, 0.15) is 15.9 Å². The lowest BCUT2D eigenvalue weighted by atomic mass is 10.1. The quantitative estimate of drug-likeness (QED) is 0.725. The Labute approximate surface area is 92.0 Å². The predicted molar refractivity (Wildman–Crippen MR) is 56.5 cm³/mol. The van der Waals surface area contributed by atoms with Crippen LogP contribution >= 0.6 is 0 Å². The van der Waals surface area contributed by atoms with Crippen molar-refractivity contribution in [1.82, 2.24) is 0 Å². The normalized spacial score (nSPS) is 17.4. The van der Waals surface area contributed by atoms with Crippen LogP contribution in [0.4, 0.5) is 5.69 Å². The summed E-state index contributed by atoms with van der Waals surface area (Å²) in [5.74, 6) is -1.31. The topological polar surface area (TPSA) is 75.6 Å². The largest absolute Gasteiger partial charge is 0.480 e. The average molecular weight is 221 g/mol. The first kappa shape index (κ1) is 10.5. The van der Waals surface area contributed by atoms with Crippen molar-refractivity contribution in [3.8, 4) is 0 Å². The second kappa shape index (κ2) is 3.84. The van der Waals surface area contributed by atoms with Gasteiger partial charge in [0.05, 0.1) is 12.7 Å². The van der Waals surface area contributed by atoms with Crippen molar-refractivity contribution in [3.05, 3.63) is 29.3 Å². The lowest BCUT2D eigenvalue weighted by Crippen LogP contribution is -2.26. The zero-order valence-electron chi connectivity index (χ0n) is 8.69. The van der Waals surface area contributed by atoms with E-state index in [0.29, 0.717) is 12.0 Å². The molecule has 0 bridgehead atoms. The molecule has 0 spiro atoms. The van der Waals surface area contributed by atoms with Crippen molar-refractivity contribution in [2.75, 3.05) is 12.4 Å². The molecule has 1 aliphatic heterocycles. The number of methoxy groups -OCH3 is 1. The molecule has 0 radical (unpaired) electrons. The number of aliphatic carboxylic acids is 1. The highest BCUT2D eigenvalue weighted by molar-refractivity contribution is 5.91. The number of carboxylic acids is 1. The van der Waals surface area contributed by atoms with Gasteiger partial charge in [0.1, 0.15) is 6.04 Å². The van der Waals surface area contributed by atoms with Gasteiger partial charge in [-0.1, -0.05) is 0 Å². The fourth-order valence-corrected chi connectivity index (χ4v) is 1.76. The smallest absolute Gasteiger partial charge is 0.337 e. The number of hydrogen-bond donors (Lipinski definition) is 2. The zero-order valence-corrected chi connectivity index (χ0v) is 8.69. The van der Waals surface area contributed by atoms with Crippen molar-refractivity contribution >= 4 is 17.6 Å². The van der Waals surface area contributed by atoms with E-state index in [2.05, 4.69) is 10.1 Å². The van der Waals surface area contributed by atoms with Gasteiger partial charge >= 0.3 is 11.9 Å². The van der Waals surface area contributed by atoms with Gasteiger partial charge in [0.25, 0.3) is 0 Å². The SMILES string of the molecule is COC(=O)c1ccc2c(c1)CC(C(=O)O)N2. The summed E-state index contributed by atoms with van der Waals surface area (Å²) < 4.78 is 4.59. The first-order valence-corrected chi connectivity index (χ1v) is 4.82. The van der Waals surface area contributed by atoms with E-state index in [4.69, 9.17) is 5.11 Å². The minimum absolute atomic E-state index is 0.384. The van der Waals surface area contributed by atoms with Crippen LogP contribution in [0.25, 0.3) is 0 Å². The highest BCUT2D eigenvalue weighted by atomic mass is 16.5. The van der Waals surface area contributed by atoms with Crippen LogP contribution in [0.3, 0.4) is 0 Å². The molecule has 16 heavy (non-hydrogen) atoms. The van der Waals surface area contributed by atoms with Gasteiger partial charge in [-0.3, -0.25) is 0 Å². The van der Waals surface area contributed by atoms with Crippen LogP contribution < -0.4 is 5.32 Å². The van der Waals surface area contributed by atoms with E-state index in [9.17, 15) is 9.59 Å². The molecule has 2 rings (SSSR count). The molecule has 1 aliphatic rings. The Morgan fingerprint density at radius 2 is 2.25 bits per heavy atom. The third kappa shape index (κ3) is 1.71. The van der Waals surface area contributed by atoms with Crippen molar-refractivity contribution in [3.63, 3.8) is 0 Å². The van der Waals surface area contributed by atoms with Crippen molar-refractivity contribution in [2.45, 2.75) is 12.5 Å². The number of hydrogen-bond acceptors (Lipinski definition) is 4. The third-order valence-corrected chi connectivity index (χ3v) is 2.58. The molecule has 5 nitrogen and oxygen atoms in total. The summed E-state index contributed by atoms with van der Waals surface area (Å²) in [5.41, 5.74) is 2.03. The van der Waals surface area contributed by atoms with Crippen LogP contribution in [0.2, 0.25) is 0 Å². The maximum atomic E-state index is 11.3. The zero-order chi connectivity index (χ0) is 11.7. The van der Waals surface area contributed by atoms with E-state index < -0.39 is 18.0 Å². The Hall–Kier alpha value is -2.04. The number of fused-ring (bicyclic) bond motifs is 1. The van der Waals surface area contributed by atoms with Gasteiger partial charge in [0, 0.05) is 12.1 Å². The number of rotatable bonds is 2. The second-order valence-corrected chi connectivity index (χ2v) is 3.60. The summed E-state index contributed by atoms with van der Waals surface area (Å²) in [6.45, 7) is 0. The summed E-state index contributed by atoms with van der Waals surface area (Å²) in [5, 5.41) is 11.7. The molecule has 84 valence electrons. The number of carbonyl (C=O) groups is 2. The molecule has 1 heterocycles. The molecule has 1 aromatic carbocycles. The minimum atomic E-state index is -0.893. The number of anilines is 1. The molecule has 0 aromatic heterocycles. The van der Waals surface area contributed by atoms with Gasteiger partial charge in [0.15, 0.2) is 0 Å². The maximum absolute atomic E-state index is 11.3. The Morgan fingerprint density at radius 3 is 2.88 bits per heavy atom. The second-order valence-electron chi connectivity index (χ2n) is 3.60. The molecule has 5 heteroatoms. The van der Waals surface area contributed by atoms with E-state index in [1.165, 1.54) is 7.11 Å². The van der Waals surface area contributed by atoms with Crippen molar-refractivity contribution in [2.24, 2.45) is 0 Å². The van der Waals surface area contributed by atoms with Crippen LogP contribution in [0, 0.1) is 0 Å². The molecule has 1 unspecified atom stereocenters. The van der Waals surface area contributed by atoms with Gasteiger partial charge in [-0.15, -0.1) is 0 Å². The Balaban J connectivity index is 2.27. The number of ether oxygens (including phenoxy) is 1. The van der Waals surface area contributed by atoms with Gasteiger partial charge < -0.3 is 15.2 Å². The number of nitrogens with one attached hydrogen (secondary N) is 1. The standard InChI is InChI=1S/C11H11NO4/c1-16-11(15)6-2-3-8-7(4-6)5-9(12-8)10(13)14/h2-4,9,12H,5H2,1H3,(H,13,14). The molecule has 0 aliphatic carbocycles. The minimum Gasteiger partial charge on any atom is -0.480 e. The summed E-state index contributed by atoms with van der Waals surface area (Å²) in [7, 11) is 1.31. The number of carbonyl (C=O) groups excluding carboxylic acids is 1. The highest BCUT2D eigenvalue weighted by Gasteiger charge is 2.26. The number of benzene rings is 1. The predicted octanol–water partition coefficient (Wildman–Crippen LogP) is 0.894. The molecule has 0 saturated heterocycles. The Kier molecular flexibility index (Phi) is 2.52. The third-order valence-electron chi connectivity index (χ3n) is 2.58.